The van der Waals surface area contributed by atoms with Crippen LogP contribution < -0.4 is 4.90 Å². The van der Waals surface area contributed by atoms with E-state index in [1.165, 1.54) is 0 Å². The van der Waals surface area contributed by atoms with Gasteiger partial charge >= 0.3 is 5.97 Å². The van der Waals surface area contributed by atoms with Gasteiger partial charge in [-0.1, -0.05) is 23.7 Å². The SMILES string of the molecule is CCOC(=O)CCN(CC1CC1)C(=O)[C@H]1CC(=O)N(c2ccccc2Cl)C1. The zero-order valence-electron chi connectivity index (χ0n) is 15.5. The number of halogens is 1. The molecule has 1 aromatic rings. The molecule has 0 unspecified atom stereocenters. The van der Waals surface area contributed by atoms with Crippen molar-refractivity contribution in [2.45, 2.75) is 32.6 Å². The smallest absolute Gasteiger partial charge is 0.307 e. The molecule has 146 valence electrons. The maximum Gasteiger partial charge on any atom is 0.307 e. The van der Waals surface area contributed by atoms with Gasteiger partial charge in [-0.15, -0.1) is 0 Å². The maximum absolute atomic E-state index is 13.0. The van der Waals surface area contributed by atoms with Crippen LogP contribution in [0.1, 0.15) is 32.6 Å². The van der Waals surface area contributed by atoms with Crippen LogP contribution in [0.25, 0.3) is 0 Å². The summed E-state index contributed by atoms with van der Waals surface area (Å²) in [6.45, 7) is 3.40. The van der Waals surface area contributed by atoms with Crippen LogP contribution in [0.2, 0.25) is 5.02 Å². The molecule has 0 aromatic heterocycles. The Hall–Kier alpha value is -2.08. The first-order valence-corrected chi connectivity index (χ1v) is 9.86. The lowest BCUT2D eigenvalue weighted by molar-refractivity contribution is -0.144. The fourth-order valence-corrected chi connectivity index (χ4v) is 3.64. The summed E-state index contributed by atoms with van der Waals surface area (Å²) >= 11 is 6.21. The number of ether oxygens (including phenoxy) is 1. The summed E-state index contributed by atoms with van der Waals surface area (Å²) < 4.78 is 4.97. The predicted octanol–water partition coefficient (Wildman–Crippen LogP) is 2.88. The van der Waals surface area contributed by atoms with E-state index in [1.54, 1.807) is 28.9 Å². The second kappa shape index (κ2) is 8.74. The van der Waals surface area contributed by atoms with Gasteiger partial charge in [0.1, 0.15) is 0 Å². The minimum atomic E-state index is -0.408. The number of carbonyl (C=O) groups is 3. The number of amides is 2. The Morgan fingerprint density at radius 2 is 2.04 bits per heavy atom. The fourth-order valence-electron chi connectivity index (χ4n) is 3.40. The van der Waals surface area contributed by atoms with E-state index in [2.05, 4.69) is 0 Å². The van der Waals surface area contributed by atoms with Gasteiger partial charge in [-0.05, 0) is 37.8 Å². The number of rotatable bonds is 8. The number of anilines is 1. The van der Waals surface area contributed by atoms with E-state index in [0.29, 0.717) is 42.9 Å². The Morgan fingerprint density at radius 3 is 2.70 bits per heavy atom. The third kappa shape index (κ3) is 5.01. The van der Waals surface area contributed by atoms with Gasteiger partial charge in [0.15, 0.2) is 0 Å². The third-order valence-electron chi connectivity index (χ3n) is 5.00. The number of nitrogens with zero attached hydrogens (tertiary/aromatic N) is 2. The average molecular weight is 393 g/mol. The van der Waals surface area contributed by atoms with Gasteiger partial charge in [0.05, 0.1) is 29.7 Å². The monoisotopic (exact) mass is 392 g/mol. The number of para-hydroxylation sites is 1. The quantitative estimate of drug-likeness (QED) is 0.638. The molecule has 2 amide bonds. The Morgan fingerprint density at radius 1 is 1.30 bits per heavy atom. The molecule has 1 saturated heterocycles. The number of esters is 1. The molecule has 1 aromatic carbocycles. The van der Waals surface area contributed by atoms with E-state index < -0.39 is 5.92 Å². The van der Waals surface area contributed by atoms with E-state index >= 15 is 0 Å². The predicted molar refractivity (Wildman–Crippen MR) is 102 cm³/mol. The highest BCUT2D eigenvalue weighted by atomic mass is 35.5. The second-order valence-electron chi connectivity index (χ2n) is 7.14. The maximum atomic E-state index is 13.0. The lowest BCUT2D eigenvalue weighted by Crippen LogP contribution is -2.40. The van der Waals surface area contributed by atoms with Crippen LogP contribution in [-0.4, -0.2) is 48.9 Å². The Bertz CT molecular complexity index is 720. The Labute approximate surface area is 164 Å². The van der Waals surface area contributed by atoms with Crippen molar-refractivity contribution in [3.05, 3.63) is 29.3 Å². The van der Waals surface area contributed by atoms with Gasteiger partial charge in [0.25, 0.3) is 0 Å². The van der Waals surface area contributed by atoms with Crippen LogP contribution in [-0.2, 0) is 19.1 Å². The highest BCUT2D eigenvalue weighted by molar-refractivity contribution is 6.33. The first-order chi connectivity index (χ1) is 13.0. The van der Waals surface area contributed by atoms with E-state index in [1.807, 2.05) is 12.1 Å². The molecule has 0 radical (unpaired) electrons. The minimum Gasteiger partial charge on any atom is -0.466 e. The van der Waals surface area contributed by atoms with Crippen molar-refractivity contribution in [3.8, 4) is 0 Å². The molecule has 3 rings (SSSR count). The molecule has 1 aliphatic carbocycles. The van der Waals surface area contributed by atoms with E-state index in [4.69, 9.17) is 16.3 Å². The van der Waals surface area contributed by atoms with Crippen molar-refractivity contribution in [2.75, 3.05) is 31.1 Å². The minimum absolute atomic E-state index is 0.0610. The second-order valence-corrected chi connectivity index (χ2v) is 7.55. The molecule has 6 nitrogen and oxygen atoms in total. The molecule has 0 N–H and O–H groups in total. The third-order valence-corrected chi connectivity index (χ3v) is 5.32. The molecule has 1 aliphatic heterocycles. The lowest BCUT2D eigenvalue weighted by Gasteiger charge is -2.25. The molecule has 0 spiro atoms. The Kier molecular flexibility index (Phi) is 6.37. The zero-order valence-corrected chi connectivity index (χ0v) is 16.3. The molecule has 1 heterocycles. The van der Waals surface area contributed by atoms with E-state index in [-0.39, 0.29) is 30.6 Å². The van der Waals surface area contributed by atoms with Gasteiger partial charge < -0.3 is 14.5 Å². The summed E-state index contributed by atoms with van der Waals surface area (Å²) in [6, 6.07) is 7.15. The molecule has 0 bridgehead atoms. The molecular formula is C20H25ClN2O4. The van der Waals surface area contributed by atoms with Crippen molar-refractivity contribution >= 4 is 35.1 Å². The molecule has 1 saturated carbocycles. The van der Waals surface area contributed by atoms with Crippen molar-refractivity contribution in [1.29, 1.82) is 0 Å². The number of carbonyl (C=O) groups excluding carboxylic acids is 3. The molecule has 7 heteroatoms. The summed E-state index contributed by atoms with van der Waals surface area (Å²) in [5.41, 5.74) is 0.639. The van der Waals surface area contributed by atoms with Crippen molar-refractivity contribution < 1.29 is 19.1 Å². The zero-order chi connectivity index (χ0) is 19.4. The van der Waals surface area contributed by atoms with Gasteiger partial charge in [-0.2, -0.15) is 0 Å². The molecule has 1 atom stereocenters. The van der Waals surface area contributed by atoms with Crippen LogP contribution in [0.15, 0.2) is 24.3 Å². The first kappa shape index (κ1) is 19.7. The van der Waals surface area contributed by atoms with Crippen molar-refractivity contribution in [3.63, 3.8) is 0 Å². The highest BCUT2D eigenvalue weighted by Crippen LogP contribution is 2.33. The van der Waals surface area contributed by atoms with E-state index in [9.17, 15) is 14.4 Å². The molecular weight excluding hydrogens is 368 g/mol. The summed E-state index contributed by atoms with van der Waals surface area (Å²) in [5, 5.41) is 0.496. The number of benzene rings is 1. The topological polar surface area (TPSA) is 66.9 Å². The fraction of sp³-hybridized carbons (Fsp3) is 0.550. The van der Waals surface area contributed by atoms with Gasteiger partial charge in [-0.3, -0.25) is 14.4 Å². The molecule has 2 aliphatic rings. The standard InChI is InChI=1S/C20H25ClN2O4/c1-2-27-19(25)9-10-22(12-14-7-8-14)20(26)15-11-18(24)23(13-15)17-6-4-3-5-16(17)21/h3-6,14-15H,2,7-13H2,1H3/t15-/m0/s1. The summed E-state index contributed by atoms with van der Waals surface area (Å²) in [6.07, 6.45) is 2.57. The van der Waals surface area contributed by atoms with E-state index in [0.717, 1.165) is 12.8 Å². The summed E-state index contributed by atoms with van der Waals surface area (Å²) in [4.78, 5) is 40.5. The van der Waals surface area contributed by atoms with Crippen LogP contribution in [0, 0.1) is 11.8 Å². The first-order valence-electron chi connectivity index (χ1n) is 9.49. The van der Waals surface area contributed by atoms with Crippen LogP contribution >= 0.6 is 11.6 Å². The van der Waals surface area contributed by atoms with Crippen LogP contribution in [0.4, 0.5) is 5.69 Å². The van der Waals surface area contributed by atoms with Crippen LogP contribution in [0.5, 0.6) is 0 Å². The van der Waals surface area contributed by atoms with Gasteiger partial charge in [0.2, 0.25) is 11.8 Å². The van der Waals surface area contributed by atoms with Crippen molar-refractivity contribution in [2.24, 2.45) is 11.8 Å². The molecule has 27 heavy (non-hydrogen) atoms. The summed E-state index contributed by atoms with van der Waals surface area (Å²) in [5.74, 6) is -0.360. The number of hydrogen-bond donors (Lipinski definition) is 0. The van der Waals surface area contributed by atoms with Crippen molar-refractivity contribution in [1.82, 2.24) is 4.90 Å². The Balaban J connectivity index is 1.65. The van der Waals surface area contributed by atoms with Gasteiger partial charge in [0, 0.05) is 26.1 Å². The number of hydrogen-bond acceptors (Lipinski definition) is 4. The highest BCUT2D eigenvalue weighted by Gasteiger charge is 2.39. The van der Waals surface area contributed by atoms with Gasteiger partial charge in [-0.25, -0.2) is 0 Å². The average Bonchev–Trinajstić information content (AvgIpc) is 3.39. The largest absolute Gasteiger partial charge is 0.466 e. The normalized spacial score (nSPS) is 19.3. The van der Waals surface area contributed by atoms with Crippen LogP contribution in [0.3, 0.4) is 0 Å². The lowest BCUT2D eigenvalue weighted by atomic mass is 10.1. The molecule has 2 fully saturated rings. The summed E-state index contributed by atoms with van der Waals surface area (Å²) in [7, 11) is 0.